The largest absolute Gasteiger partial charge is 0.397 e. The monoisotopic (exact) mass is 293 g/mol. The average molecular weight is 294 g/mol. The van der Waals surface area contributed by atoms with E-state index in [4.69, 9.17) is 17.3 Å². The standard InChI is InChI=1S/C16H24ClN3/c1-4-12(5-2)9-20-10-13-14(17)6-7-15(18)16(13)19-8-11(20)3/h4,6-7,11,19H,5,8-10,18H2,1-3H3/t11-/m0/s1. The van der Waals surface area contributed by atoms with Gasteiger partial charge in [-0.25, -0.2) is 0 Å². The lowest BCUT2D eigenvalue weighted by molar-refractivity contribution is 0.229. The molecule has 0 spiro atoms. The predicted octanol–water partition coefficient (Wildman–Crippen LogP) is 3.89. The van der Waals surface area contributed by atoms with Gasteiger partial charge in [-0.3, -0.25) is 4.90 Å². The molecule has 3 nitrogen and oxygen atoms in total. The van der Waals surface area contributed by atoms with Crippen LogP contribution in [-0.2, 0) is 6.54 Å². The lowest BCUT2D eigenvalue weighted by atomic mass is 10.1. The highest BCUT2D eigenvalue weighted by molar-refractivity contribution is 6.32. The fraction of sp³-hybridized carbons (Fsp3) is 0.500. The minimum atomic E-state index is 0.444. The average Bonchev–Trinajstić information content (AvgIpc) is 2.61. The van der Waals surface area contributed by atoms with E-state index in [1.54, 1.807) is 0 Å². The number of anilines is 2. The zero-order valence-corrected chi connectivity index (χ0v) is 13.3. The summed E-state index contributed by atoms with van der Waals surface area (Å²) < 4.78 is 0. The minimum Gasteiger partial charge on any atom is -0.397 e. The number of hydrogen-bond acceptors (Lipinski definition) is 3. The Morgan fingerprint density at radius 1 is 1.55 bits per heavy atom. The number of nitrogens with zero attached hydrogens (tertiary/aromatic N) is 1. The molecule has 0 saturated heterocycles. The zero-order valence-electron chi connectivity index (χ0n) is 12.5. The van der Waals surface area contributed by atoms with Crippen LogP contribution in [0.5, 0.6) is 0 Å². The van der Waals surface area contributed by atoms with Crippen molar-refractivity contribution >= 4 is 23.0 Å². The van der Waals surface area contributed by atoms with Crippen LogP contribution in [0.3, 0.4) is 0 Å². The van der Waals surface area contributed by atoms with Crippen molar-refractivity contribution in [2.75, 3.05) is 24.1 Å². The Hall–Kier alpha value is -1.19. The second kappa shape index (κ2) is 6.51. The topological polar surface area (TPSA) is 41.3 Å². The summed E-state index contributed by atoms with van der Waals surface area (Å²) in [5.74, 6) is 0. The summed E-state index contributed by atoms with van der Waals surface area (Å²) in [5.41, 5.74) is 10.4. The van der Waals surface area contributed by atoms with E-state index in [1.807, 2.05) is 12.1 Å². The third kappa shape index (κ3) is 3.10. The molecule has 1 atom stereocenters. The molecule has 0 unspecified atom stereocenters. The first kappa shape index (κ1) is 15.2. The molecular formula is C16H24ClN3. The molecule has 2 rings (SSSR count). The highest BCUT2D eigenvalue weighted by atomic mass is 35.5. The van der Waals surface area contributed by atoms with Gasteiger partial charge in [0.15, 0.2) is 0 Å². The van der Waals surface area contributed by atoms with Gasteiger partial charge in [0.25, 0.3) is 0 Å². The molecule has 3 N–H and O–H groups in total. The van der Waals surface area contributed by atoms with Crippen LogP contribution in [0.1, 0.15) is 32.8 Å². The summed E-state index contributed by atoms with van der Waals surface area (Å²) in [4.78, 5) is 2.46. The Bertz CT molecular complexity index is 511. The number of fused-ring (bicyclic) bond motifs is 1. The highest BCUT2D eigenvalue weighted by Gasteiger charge is 2.23. The van der Waals surface area contributed by atoms with Crippen LogP contribution < -0.4 is 11.1 Å². The second-order valence-electron chi connectivity index (χ2n) is 5.43. The molecule has 1 aromatic carbocycles. The molecule has 1 aliphatic rings. The SMILES string of the molecule is CC=C(CC)CN1Cc2c(Cl)ccc(N)c2NC[C@@H]1C. The van der Waals surface area contributed by atoms with E-state index in [9.17, 15) is 0 Å². The van der Waals surface area contributed by atoms with Crippen LogP contribution in [0, 0.1) is 0 Å². The van der Waals surface area contributed by atoms with E-state index in [2.05, 4.69) is 37.1 Å². The Balaban J connectivity index is 2.30. The Kier molecular flexibility index (Phi) is 4.95. The number of hydrogen-bond donors (Lipinski definition) is 2. The lowest BCUT2D eigenvalue weighted by Gasteiger charge is -2.27. The molecule has 0 amide bonds. The number of benzene rings is 1. The molecule has 0 radical (unpaired) electrons. The summed E-state index contributed by atoms with van der Waals surface area (Å²) in [6.07, 6.45) is 3.30. The van der Waals surface area contributed by atoms with Crippen LogP contribution in [0.4, 0.5) is 11.4 Å². The normalized spacial score (nSPS) is 20.2. The summed E-state index contributed by atoms with van der Waals surface area (Å²) in [7, 11) is 0. The van der Waals surface area contributed by atoms with Crippen LogP contribution in [0.15, 0.2) is 23.8 Å². The molecular weight excluding hydrogens is 270 g/mol. The van der Waals surface area contributed by atoms with Crippen LogP contribution >= 0.6 is 11.6 Å². The summed E-state index contributed by atoms with van der Waals surface area (Å²) in [6.45, 7) is 9.27. The molecule has 1 aromatic rings. The summed E-state index contributed by atoms with van der Waals surface area (Å²) in [5, 5.41) is 4.24. The Morgan fingerprint density at radius 2 is 2.30 bits per heavy atom. The first-order valence-corrected chi connectivity index (χ1v) is 7.63. The molecule has 0 saturated carbocycles. The third-order valence-corrected chi connectivity index (χ3v) is 4.47. The summed E-state index contributed by atoms with van der Waals surface area (Å²) in [6, 6.07) is 4.21. The number of nitrogen functional groups attached to an aromatic ring is 1. The molecule has 4 heteroatoms. The van der Waals surface area contributed by atoms with Crippen molar-refractivity contribution in [2.24, 2.45) is 0 Å². The second-order valence-corrected chi connectivity index (χ2v) is 5.83. The van der Waals surface area contributed by atoms with Crippen molar-refractivity contribution in [3.63, 3.8) is 0 Å². The van der Waals surface area contributed by atoms with Crippen LogP contribution in [0.25, 0.3) is 0 Å². The van der Waals surface area contributed by atoms with Crippen molar-refractivity contribution in [2.45, 2.75) is 39.8 Å². The fourth-order valence-electron chi connectivity index (χ4n) is 2.62. The summed E-state index contributed by atoms with van der Waals surface area (Å²) >= 11 is 6.37. The first-order valence-electron chi connectivity index (χ1n) is 7.25. The lowest BCUT2D eigenvalue weighted by Crippen LogP contribution is -2.36. The third-order valence-electron chi connectivity index (χ3n) is 4.12. The van der Waals surface area contributed by atoms with E-state index >= 15 is 0 Å². The number of halogens is 1. The number of nitrogens with two attached hydrogens (primary N) is 1. The van der Waals surface area contributed by atoms with Gasteiger partial charge in [-0.1, -0.05) is 30.2 Å². The van der Waals surface area contributed by atoms with Gasteiger partial charge in [0, 0.05) is 36.3 Å². The maximum absolute atomic E-state index is 6.37. The van der Waals surface area contributed by atoms with Gasteiger partial charge in [0.05, 0.1) is 11.4 Å². The van der Waals surface area contributed by atoms with Crippen molar-refractivity contribution in [1.29, 1.82) is 0 Å². The van der Waals surface area contributed by atoms with E-state index in [-0.39, 0.29) is 0 Å². The highest BCUT2D eigenvalue weighted by Crippen LogP contribution is 2.34. The van der Waals surface area contributed by atoms with E-state index in [1.165, 1.54) is 5.57 Å². The molecule has 0 fully saturated rings. The molecule has 0 aliphatic carbocycles. The number of allylic oxidation sites excluding steroid dienone is 1. The molecule has 110 valence electrons. The fourth-order valence-corrected chi connectivity index (χ4v) is 2.84. The number of rotatable bonds is 3. The Labute approximate surface area is 126 Å². The first-order chi connectivity index (χ1) is 9.56. The molecule has 0 aromatic heterocycles. The minimum absolute atomic E-state index is 0.444. The molecule has 1 aliphatic heterocycles. The van der Waals surface area contributed by atoms with E-state index in [0.717, 1.165) is 48.0 Å². The number of nitrogens with one attached hydrogen (secondary N) is 1. The van der Waals surface area contributed by atoms with E-state index in [0.29, 0.717) is 6.04 Å². The van der Waals surface area contributed by atoms with Crippen LogP contribution in [-0.4, -0.2) is 24.0 Å². The van der Waals surface area contributed by atoms with Crippen molar-refractivity contribution in [3.05, 3.63) is 34.4 Å². The van der Waals surface area contributed by atoms with Gasteiger partial charge in [0.1, 0.15) is 0 Å². The van der Waals surface area contributed by atoms with Crippen molar-refractivity contribution < 1.29 is 0 Å². The smallest absolute Gasteiger partial charge is 0.0635 e. The van der Waals surface area contributed by atoms with Gasteiger partial charge in [-0.05, 0) is 32.4 Å². The van der Waals surface area contributed by atoms with Gasteiger partial charge in [0.2, 0.25) is 0 Å². The van der Waals surface area contributed by atoms with E-state index < -0.39 is 0 Å². The quantitative estimate of drug-likeness (QED) is 0.656. The van der Waals surface area contributed by atoms with Crippen molar-refractivity contribution in [1.82, 2.24) is 4.90 Å². The zero-order chi connectivity index (χ0) is 14.7. The Morgan fingerprint density at radius 3 is 2.95 bits per heavy atom. The van der Waals surface area contributed by atoms with Gasteiger partial charge in [-0.15, -0.1) is 0 Å². The van der Waals surface area contributed by atoms with Crippen molar-refractivity contribution in [3.8, 4) is 0 Å². The van der Waals surface area contributed by atoms with Crippen LogP contribution in [0.2, 0.25) is 5.02 Å². The van der Waals surface area contributed by atoms with Gasteiger partial charge >= 0.3 is 0 Å². The molecule has 0 bridgehead atoms. The predicted molar refractivity (Wildman–Crippen MR) is 88.3 cm³/mol. The maximum Gasteiger partial charge on any atom is 0.0635 e. The van der Waals surface area contributed by atoms with Gasteiger partial charge < -0.3 is 11.1 Å². The molecule has 20 heavy (non-hydrogen) atoms. The maximum atomic E-state index is 6.37. The van der Waals surface area contributed by atoms with Gasteiger partial charge in [-0.2, -0.15) is 0 Å². The molecule has 1 heterocycles.